The normalized spacial score (nSPS) is 15.9. The third-order valence-corrected chi connectivity index (χ3v) is 3.81. The van der Waals surface area contributed by atoms with Gasteiger partial charge < -0.3 is 0 Å². The van der Waals surface area contributed by atoms with Crippen molar-refractivity contribution >= 4 is 15.9 Å². The van der Waals surface area contributed by atoms with Gasteiger partial charge in [0.1, 0.15) is 0 Å². The number of hydrogen-bond acceptors (Lipinski definition) is 3. The van der Waals surface area contributed by atoms with Crippen LogP contribution in [-0.4, -0.2) is 18.6 Å². The van der Waals surface area contributed by atoms with Crippen LogP contribution in [0.25, 0.3) is 0 Å². The Hall–Kier alpha value is -1.62. The van der Waals surface area contributed by atoms with Gasteiger partial charge in [0.25, 0.3) is 15.9 Å². The lowest BCUT2D eigenvalue weighted by molar-refractivity contribution is -0.123. The predicted molar refractivity (Wildman–Crippen MR) is 54.2 cm³/mol. The maximum absolute atomic E-state index is 11.8. The second kappa shape index (κ2) is 3.20. The Balaban J connectivity index is 2.43. The van der Waals surface area contributed by atoms with Gasteiger partial charge in [0.15, 0.2) is 0 Å². The Bertz CT molecular complexity index is 531. The van der Waals surface area contributed by atoms with Crippen molar-refractivity contribution in [2.24, 2.45) is 0 Å². The summed E-state index contributed by atoms with van der Waals surface area (Å²) in [5.41, 5.74) is 0.453. The van der Waals surface area contributed by atoms with Crippen molar-refractivity contribution in [2.75, 3.05) is 0 Å². The third kappa shape index (κ3) is 1.45. The third-order valence-electron chi connectivity index (χ3n) is 2.15. The monoisotopic (exact) mass is 223 g/mol. The molecule has 1 aliphatic rings. The zero-order chi connectivity index (χ0) is 11.1. The molecule has 0 spiro atoms. The van der Waals surface area contributed by atoms with Crippen LogP contribution in [0.15, 0.2) is 47.0 Å². The molecular weight excluding hydrogens is 214 g/mol. The summed E-state index contributed by atoms with van der Waals surface area (Å²) in [5.74, 6) is -0.459. The van der Waals surface area contributed by atoms with E-state index in [-0.39, 0.29) is 4.90 Å². The fourth-order valence-electron chi connectivity index (χ4n) is 1.28. The summed E-state index contributed by atoms with van der Waals surface area (Å²) in [4.78, 5) is 11.4. The van der Waals surface area contributed by atoms with Gasteiger partial charge in [-0.15, -0.1) is 0 Å². The molecule has 2 rings (SSSR count). The lowest BCUT2D eigenvalue weighted by atomic mass is 10.2. The first kappa shape index (κ1) is 9.92. The number of sulfonamides is 1. The fourth-order valence-corrected chi connectivity index (χ4v) is 2.67. The number of rotatable bonds is 2. The van der Waals surface area contributed by atoms with Gasteiger partial charge in [-0.2, -0.15) is 0 Å². The first-order chi connectivity index (χ1) is 7.03. The van der Waals surface area contributed by atoms with E-state index in [0.717, 1.165) is 4.31 Å². The quantitative estimate of drug-likeness (QED) is 0.755. The zero-order valence-electron chi connectivity index (χ0n) is 8.04. The molecule has 0 saturated heterocycles. The molecule has 1 aliphatic heterocycles. The molecule has 0 aromatic heterocycles. The van der Waals surface area contributed by atoms with Crippen LogP contribution in [0.5, 0.6) is 0 Å². The fraction of sp³-hybridized carbons (Fsp3) is 0.100. The van der Waals surface area contributed by atoms with Crippen molar-refractivity contribution in [3.05, 3.63) is 42.1 Å². The summed E-state index contributed by atoms with van der Waals surface area (Å²) in [6.07, 6.45) is 1.32. The average molecular weight is 223 g/mol. The van der Waals surface area contributed by atoms with E-state index in [1.807, 2.05) is 0 Å². The lowest BCUT2D eigenvalue weighted by Crippen LogP contribution is -2.40. The summed E-state index contributed by atoms with van der Waals surface area (Å²) in [6, 6.07) is 7.88. The molecule has 0 atom stereocenters. The van der Waals surface area contributed by atoms with Crippen LogP contribution in [0.4, 0.5) is 0 Å². The second-order valence-electron chi connectivity index (χ2n) is 3.23. The number of carbonyl (C=O) groups excluding carboxylic acids is 1. The highest BCUT2D eigenvalue weighted by atomic mass is 32.2. The number of amides is 1. The molecule has 15 heavy (non-hydrogen) atoms. The highest BCUT2D eigenvalue weighted by Crippen LogP contribution is 2.24. The zero-order valence-corrected chi connectivity index (χ0v) is 8.86. The van der Waals surface area contributed by atoms with Crippen LogP contribution in [0.2, 0.25) is 0 Å². The highest BCUT2D eigenvalue weighted by Gasteiger charge is 2.34. The van der Waals surface area contributed by atoms with Gasteiger partial charge in [0, 0.05) is 11.8 Å². The van der Waals surface area contributed by atoms with Crippen LogP contribution in [0, 0.1) is 0 Å². The van der Waals surface area contributed by atoms with E-state index in [4.69, 9.17) is 0 Å². The van der Waals surface area contributed by atoms with Crippen LogP contribution in [0.1, 0.15) is 6.92 Å². The van der Waals surface area contributed by atoms with E-state index in [2.05, 4.69) is 0 Å². The molecule has 1 amide bonds. The maximum Gasteiger partial charge on any atom is 0.270 e. The second-order valence-corrected chi connectivity index (χ2v) is 5.05. The summed E-state index contributed by atoms with van der Waals surface area (Å²) < 4.78 is 24.4. The largest absolute Gasteiger partial charge is 0.270 e. The van der Waals surface area contributed by atoms with Crippen molar-refractivity contribution in [1.82, 2.24) is 4.31 Å². The van der Waals surface area contributed by atoms with Crippen LogP contribution in [0.3, 0.4) is 0 Å². The smallest absolute Gasteiger partial charge is 0.268 e. The lowest BCUT2D eigenvalue weighted by Gasteiger charge is -2.26. The first-order valence-corrected chi connectivity index (χ1v) is 5.80. The Morgan fingerprint density at radius 2 is 1.73 bits per heavy atom. The van der Waals surface area contributed by atoms with E-state index >= 15 is 0 Å². The first-order valence-electron chi connectivity index (χ1n) is 4.36. The molecule has 78 valence electrons. The Kier molecular flexibility index (Phi) is 2.12. The van der Waals surface area contributed by atoms with Gasteiger partial charge in [0.2, 0.25) is 0 Å². The molecule has 1 heterocycles. The van der Waals surface area contributed by atoms with Crippen molar-refractivity contribution in [1.29, 1.82) is 0 Å². The van der Waals surface area contributed by atoms with E-state index in [1.54, 1.807) is 25.1 Å². The summed E-state index contributed by atoms with van der Waals surface area (Å²) >= 11 is 0. The molecule has 0 fully saturated rings. The number of hydrogen-bond donors (Lipinski definition) is 0. The molecule has 0 saturated carbocycles. The molecule has 0 bridgehead atoms. The molecule has 4 nitrogen and oxygen atoms in total. The van der Waals surface area contributed by atoms with E-state index in [9.17, 15) is 13.2 Å². The van der Waals surface area contributed by atoms with Crippen molar-refractivity contribution < 1.29 is 13.2 Å². The minimum absolute atomic E-state index is 0.127. The summed E-state index contributed by atoms with van der Waals surface area (Å²) in [7, 11) is -3.68. The summed E-state index contributed by atoms with van der Waals surface area (Å²) in [6.45, 7) is 1.58. The standard InChI is InChI=1S/C10H9NO3S/c1-8-7-11(10(8)12)15(13,14)9-5-3-2-4-6-9/h2-7H,1H3. The number of carbonyl (C=O) groups is 1. The topological polar surface area (TPSA) is 54.5 Å². The van der Waals surface area contributed by atoms with Gasteiger partial charge in [-0.3, -0.25) is 4.79 Å². The van der Waals surface area contributed by atoms with Gasteiger partial charge in [-0.1, -0.05) is 18.2 Å². The Morgan fingerprint density at radius 3 is 2.20 bits per heavy atom. The van der Waals surface area contributed by atoms with Crippen LogP contribution in [-0.2, 0) is 14.8 Å². The molecular formula is C10H9NO3S. The van der Waals surface area contributed by atoms with Crippen molar-refractivity contribution in [3.8, 4) is 0 Å². The minimum atomic E-state index is -3.68. The molecule has 1 aromatic carbocycles. The van der Waals surface area contributed by atoms with Crippen LogP contribution < -0.4 is 0 Å². The molecule has 0 N–H and O–H groups in total. The van der Waals surface area contributed by atoms with E-state index in [0.29, 0.717) is 5.57 Å². The number of nitrogens with zero attached hydrogens (tertiary/aromatic N) is 1. The minimum Gasteiger partial charge on any atom is -0.268 e. The molecule has 5 heteroatoms. The molecule has 0 unspecified atom stereocenters. The molecule has 1 aromatic rings. The van der Waals surface area contributed by atoms with E-state index < -0.39 is 15.9 Å². The van der Waals surface area contributed by atoms with Gasteiger partial charge in [0.05, 0.1) is 4.90 Å². The predicted octanol–water partition coefficient (Wildman–Crippen LogP) is 1.12. The maximum atomic E-state index is 11.8. The van der Waals surface area contributed by atoms with Gasteiger partial charge in [-0.05, 0) is 19.1 Å². The van der Waals surface area contributed by atoms with Gasteiger partial charge in [-0.25, -0.2) is 12.7 Å². The number of benzene rings is 1. The van der Waals surface area contributed by atoms with Gasteiger partial charge >= 0.3 is 0 Å². The average Bonchev–Trinajstić information content (AvgIpc) is 2.26. The Labute approximate surface area is 87.9 Å². The summed E-state index contributed by atoms with van der Waals surface area (Å²) in [5, 5.41) is 0. The molecule has 0 aliphatic carbocycles. The van der Waals surface area contributed by atoms with Crippen LogP contribution >= 0.6 is 0 Å². The van der Waals surface area contributed by atoms with E-state index in [1.165, 1.54) is 18.3 Å². The van der Waals surface area contributed by atoms with Crippen molar-refractivity contribution in [3.63, 3.8) is 0 Å². The van der Waals surface area contributed by atoms with Crippen molar-refractivity contribution in [2.45, 2.75) is 11.8 Å². The molecule has 0 radical (unpaired) electrons. The SMILES string of the molecule is CC1=CN(S(=O)(=O)c2ccccc2)C1=O. The Morgan fingerprint density at radius 1 is 1.13 bits per heavy atom. The highest BCUT2D eigenvalue weighted by molar-refractivity contribution is 7.89.